The van der Waals surface area contributed by atoms with Crippen molar-refractivity contribution in [1.82, 2.24) is 15.1 Å². The SMILES string of the molecule is CC(=O)NC[C@H]1CN(C2C=CC([C@@]34C[C@@H]3CN(C(=O)CO)C4)=CC2)C(=O)O1. The Morgan fingerprint density at radius 2 is 2.22 bits per heavy atom. The molecule has 0 radical (unpaired) electrons. The van der Waals surface area contributed by atoms with E-state index in [0.29, 0.717) is 25.6 Å². The van der Waals surface area contributed by atoms with Crippen LogP contribution in [0.15, 0.2) is 23.8 Å². The molecule has 27 heavy (non-hydrogen) atoms. The zero-order valence-corrected chi connectivity index (χ0v) is 15.4. The van der Waals surface area contributed by atoms with Gasteiger partial charge in [0.2, 0.25) is 11.8 Å². The van der Waals surface area contributed by atoms with E-state index in [0.717, 1.165) is 19.4 Å². The number of likely N-dealkylation sites (tertiary alicyclic amines) is 1. The largest absolute Gasteiger partial charge is 0.442 e. The maximum Gasteiger partial charge on any atom is 0.410 e. The van der Waals surface area contributed by atoms with Crippen LogP contribution in [-0.2, 0) is 14.3 Å². The van der Waals surface area contributed by atoms with E-state index in [1.165, 1.54) is 12.5 Å². The number of cyclic esters (lactones) is 1. The van der Waals surface area contributed by atoms with Crippen molar-refractivity contribution >= 4 is 17.9 Å². The van der Waals surface area contributed by atoms with E-state index in [2.05, 4.69) is 17.5 Å². The first-order chi connectivity index (χ1) is 12.9. The summed E-state index contributed by atoms with van der Waals surface area (Å²) in [4.78, 5) is 38.4. The van der Waals surface area contributed by atoms with E-state index >= 15 is 0 Å². The number of ether oxygens (including phenoxy) is 1. The number of piperidine rings is 1. The maximum atomic E-state index is 12.2. The maximum absolute atomic E-state index is 12.2. The van der Waals surface area contributed by atoms with Gasteiger partial charge in [0.1, 0.15) is 12.7 Å². The number of carbonyl (C=O) groups is 3. The molecular formula is C19H25N3O5. The molecule has 2 aliphatic heterocycles. The Hall–Kier alpha value is -2.35. The minimum atomic E-state index is -0.434. The van der Waals surface area contributed by atoms with Gasteiger partial charge >= 0.3 is 6.09 Å². The second-order valence-electron chi connectivity index (χ2n) is 7.91. The van der Waals surface area contributed by atoms with E-state index in [-0.39, 0.29) is 35.5 Å². The van der Waals surface area contributed by atoms with Crippen molar-refractivity contribution in [3.63, 3.8) is 0 Å². The summed E-state index contributed by atoms with van der Waals surface area (Å²) in [5.41, 5.74) is 1.27. The van der Waals surface area contributed by atoms with Gasteiger partial charge in [-0.25, -0.2) is 4.79 Å². The van der Waals surface area contributed by atoms with E-state index in [1.807, 2.05) is 6.08 Å². The van der Waals surface area contributed by atoms with Gasteiger partial charge in [0.15, 0.2) is 0 Å². The first-order valence-electron chi connectivity index (χ1n) is 9.42. The van der Waals surface area contributed by atoms with Gasteiger partial charge in [-0.05, 0) is 24.3 Å². The average Bonchev–Trinajstić information content (AvgIpc) is 3.03. The molecule has 2 heterocycles. The molecule has 1 unspecified atom stereocenters. The summed E-state index contributed by atoms with van der Waals surface area (Å²) < 4.78 is 5.33. The second-order valence-corrected chi connectivity index (χ2v) is 7.91. The smallest absolute Gasteiger partial charge is 0.410 e. The molecule has 146 valence electrons. The Bertz CT molecular complexity index is 733. The fraction of sp³-hybridized carbons (Fsp3) is 0.632. The van der Waals surface area contributed by atoms with Crippen LogP contribution in [0.1, 0.15) is 19.8 Å². The molecule has 0 aromatic carbocycles. The third-order valence-electron chi connectivity index (χ3n) is 6.17. The number of rotatable bonds is 5. The highest BCUT2D eigenvalue weighted by Crippen LogP contribution is 2.63. The van der Waals surface area contributed by atoms with Crippen LogP contribution in [0.3, 0.4) is 0 Å². The third-order valence-corrected chi connectivity index (χ3v) is 6.17. The zero-order valence-electron chi connectivity index (χ0n) is 15.4. The summed E-state index contributed by atoms with van der Waals surface area (Å²) in [6, 6.07) is -0.0474. The second kappa shape index (κ2) is 6.67. The van der Waals surface area contributed by atoms with E-state index in [4.69, 9.17) is 9.84 Å². The highest BCUT2D eigenvalue weighted by molar-refractivity contribution is 5.78. The van der Waals surface area contributed by atoms with Gasteiger partial charge in [0, 0.05) is 25.4 Å². The minimum Gasteiger partial charge on any atom is -0.442 e. The van der Waals surface area contributed by atoms with Crippen molar-refractivity contribution < 1.29 is 24.2 Å². The van der Waals surface area contributed by atoms with E-state index in [9.17, 15) is 14.4 Å². The number of hydrogen-bond donors (Lipinski definition) is 2. The molecule has 3 amide bonds. The average molecular weight is 375 g/mol. The van der Waals surface area contributed by atoms with Crippen molar-refractivity contribution in [1.29, 1.82) is 0 Å². The van der Waals surface area contributed by atoms with Gasteiger partial charge in [-0.2, -0.15) is 0 Å². The van der Waals surface area contributed by atoms with Crippen LogP contribution in [0, 0.1) is 11.3 Å². The van der Waals surface area contributed by atoms with Crippen molar-refractivity contribution in [2.45, 2.75) is 31.9 Å². The molecule has 4 aliphatic rings. The predicted molar refractivity (Wildman–Crippen MR) is 95.5 cm³/mol. The molecule has 0 aromatic heterocycles. The third kappa shape index (κ3) is 3.22. The van der Waals surface area contributed by atoms with Crippen LogP contribution in [0.5, 0.6) is 0 Å². The van der Waals surface area contributed by atoms with E-state index < -0.39 is 6.61 Å². The number of fused-ring (bicyclic) bond motifs is 1. The predicted octanol–water partition coefficient (Wildman–Crippen LogP) is 0.0390. The number of allylic oxidation sites excluding steroid dienone is 1. The molecule has 8 nitrogen and oxygen atoms in total. The van der Waals surface area contributed by atoms with Crippen LogP contribution in [0.2, 0.25) is 0 Å². The molecule has 2 N–H and O–H groups in total. The molecule has 3 fully saturated rings. The fourth-order valence-corrected chi connectivity index (χ4v) is 4.61. The quantitative estimate of drug-likeness (QED) is 0.707. The molecule has 0 spiro atoms. The lowest BCUT2D eigenvalue weighted by atomic mass is 9.88. The number of nitrogens with zero attached hydrogens (tertiary/aromatic N) is 2. The highest BCUT2D eigenvalue weighted by Gasteiger charge is 2.62. The number of aliphatic hydroxyl groups is 1. The number of hydrogen-bond acceptors (Lipinski definition) is 5. The first-order valence-corrected chi connectivity index (χ1v) is 9.42. The zero-order chi connectivity index (χ0) is 19.2. The minimum absolute atomic E-state index is 0.0335. The monoisotopic (exact) mass is 375 g/mol. The topological polar surface area (TPSA) is 99.2 Å². The lowest BCUT2D eigenvalue weighted by Gasteiger charge is -2.27. The molecule has 4 atom stereocenters. The Morgan fingerprint density at radius 1 is 1.41 bits per heavy atom. The van der Waals surface area contributed by atoms with Gasteiger partial charge in [-0.15, -0.1) is 0 Å². The van der Waals surface area contributed by atoms with Gasteiger partial charge < -0.3 is 20.1 Å². The van der Waals surface area contributed by atoms with Gasteiger partial charge in [-0.3, -0.25) is 14.5 Å². The van der Waals surface area contributed by atoms with Gasteiger partial charge in [0.05, 0.1) is 19.1 Å². The lowest BCUT2D eigenvalue weighted by molar-refractivity contribution is -0.133. The molecular weight excluding hydrogens is 350 g/mol. The highest BCUT2D eigenvalue weighted by atomic mass is 16.6. The molecule has 8 heteroatoms. The first kappa shape index (κ1) is 18.0. The van der Waals surface area contributed by atoms with Crippen LogP contribution in [0.25, 0.3) is 0 Å². The number of nitrogens with one attached hydrogen (secondary N) is 1. The summed E-state index contributed by atoms with van der Waals surface area (Å²) in [5, 5.41) is 11.8. The van der Waals surface area contributed by atoms with Crippen molar-refractivity contribution in [2.24, 2.45) is 11.3 Å². The standard InChI is InChI=1S/C19H25N3O5/c1-12(24)20-7-16-9-22(18(26)27-16)15-4-2-13(3-5-15)19-6-14(19)8-21(11-19)17(25)10-23/h2-4,14-16,23H,5-11H2,1H3,(H,20,24)/t14-,15?,16+,19+/m1/s1. The Morgan fingerprint density at radius 3 is 2.89 bits per heavy atom. The summed E-state index contributed by atoms with van der Waals surface area (Å²) in [6.45, 7) is 3.18. The summed E-state index contributed by atoms with van der Waals surface area (Å²) >= 11 is 0. The Labute approximate surface area is 157 Å². The summed E-state index contributed by atoms with van der Waals surface area (Å²) in [5.74, 6) is 0.127. The van der Waals surface area contributed by atoms with Crippen molar-refractivity contribution in [3.05, 3.63) is 23.8 Å². The lowest BCUT2D eigenvalue weighted by Crippen LogP contribution is -2.38. The normalized spacial score (nSPS) is 34.2. The molecule has 4 rings (SSSR count). The van der Waals surface area contributed by atoms with Crippen LogP contribution >= 0.6 is 0 Å². The number of aliphatic hydroxyl groups excluding tert-OH is 1. The molecule has 2 aliphatic carbocycles. The van der Waals surface area contributed by atoms with Crippen molar-refractivity contribution in [3.8, 4) is 0 Å². The van der Waals surface area contributed by atoms with Gasteiger partial charge in [-0.1, -0.05) is 18.2 Å². The van der Waals surface area contributed by atoms with Gasteiger partial charge in [0.25, 0.3) is 0 Å². The Kier molecular flexibility index (Phi) is 4.46. The molecule has 1 saturated carbocycles. The Balaban J connectivity index is 1.35. The van der Waals surface area contributed by atoms with Crippen molar-refractivity contribution in [2.75, 3.05) is 32.8 Å². The number of amides is 3. The van der Waals surface area contributed by atoms with Crippen LogP contribution in [0.4, 0.5) is 4.79 Å². The fourth-order valence-electron chi connectivity index (χ4n) is 4.61. The summed E-state index contributed by atoms with van der Waals surface area (Å²) in [7, 11) is 0. The van der Waals surface area contributed by atoms with E-state index in [1.54, 1.807) is 9.80 Å². The van der Waals surface area contributed by atoms with Crippen LogP contribution < -0.4 is 5.32 Å². The number of carbonyl (C=O) groups excluding carboxylic acids is 3. The summed E-state index contributed by atoms with van der Waals surface area (Å²) in [6.07, 6.45) is 7.42. The molecule has 0 bridgehead atoms. The molecule has 0 aromatic rings. The van der Waals surface area contributed by atoms with Crippen LogP contribution in [-0.4, -0.2) is 77.7 Å². The molecule has 2 saturated heterocycles.